The highest BCUT2D eigenvalue weighted by Crippen LogP contribution is 2.26. The number of rotatable bonds is 6. The van der Waals surface area contributed by atoms with Crippen molar-refractivity contribution in [2.45, 2.75) is 18.9 Å². The van der Waals surface area contributed by atoms with Crippen LogP contribution in [0.15, 0.2) is 60.8 Å². The molecule has 10 heteroatoms. The molecule has 0 spiro atoms. The van der Waals surface area contributed by atoms with Crippen LogP contribution in [0.4, 0.5) is 0 Å². The highest BCUT2D eigenvalue weighted by molar-refractivity contribution is 7.91. The molecule has 33 heavy (non-hydrogen) atoms. The van der Waals surface area contributed by atoms with E-state index in [9.17, 15) is 18.0 Å². The molecule has 1 N–H and O–H groups in total. The minimum Gasteiger partial charge on any atom is -0.452 e. The van der Waals surface area contributed by atoms with Crippen LogP contribution < -0.4 is 5.32 Å². The van der Waals surface area contributed by atoms with Gasteiger partial charge in [0.2, 0.25) is 0 Å². The van der Waals surface area contributed by atoms with Crippen LogP contribution in [0.2, 0.25) is 5.02 Å². The number of aromatic nitrogens is 2. The Morgan fingerprint density at radius 3 is 2.48 bits per heavy atom. The van der Waals surface area contributed by atoms with E-state index in [-0.39, 0.29) is 17.1 Å². The molecule has 1 aromatic heterocycles. The summed E-state index contributed by atoms with van der Waals surface area (Å²) in [6.45, 7) is 1.13. The molecule has 0 saturated carbocycles. The number of nitrogens with one attached hydrogen (secondary N) is 1. The van der Waals surface area contributed by atoms with Gasteiger partial charge >= 0.3 is 5.97 Å². The Morgan fingerprint density at radius 2 is 1.85 bits per heavy atom. The first-order chi connectivity index (χ1) is 15.6. The molecule has 2 aromatic carbocycles. The van der Waals surface area contributed by atoms with E-state index in [2.05, 4.69) is 10.4 Å². The number of sulfone groups is 1. The van der Waals surface area contributed by atoms with Gasteiger partial charge in [0, 0.05) is 16.8 Å². The number of para-hydroxylation sites is 1. The Labute approximate surface area is 196 Å². The molecule has 4 rings (SSSR count). The number of esters is 1. The summed E-state index contributed by atoms with van der Waals surface area (Å²) in [5.74, 6) is -1.40. The average molecular weight is 488 g/mol. The van der Waals surface area contributed by atoms with Crippen LogP contribution in [-0.4, -0.2) is 53.7 Å². The van der Waals surface area contributed by atoms with E-state index in [1.54, 1.807) is 42.1 Å². The highest BCUT2D eigenvalue weighted by atomic mass is 35.5. The van der Waals surface area contributed by atoms with E-state index in [0.717, 1.165) is 5.69 Å². The quantitative estimate of drug-likeness (QED) is 0.535. The Kier molecular flexibility index (Phi) is 6.27. The van der Waals surface area contributed by atoms with Crippen LogP contribution in [0.25, 0.3) is 16.9 Å². The first-order valence-electron chi connectivity index (χ1n) is 10.2. The number of nitrogens with zero attached hydrogens (tertiary/aromatic N) is 2. The molecule has 1 aliphatic heterocycles. The van der Waals surface area contributed by atoms with Crippen LogP contribution in [0.1, 0.15) is 23.7 Å². The molecule has 0 radical (unpaired) electrons. The Morgan fingerprint density at radius 1 is 1.15 bits per heavy atom. The molecule has 1 unspecified atom stereocenters. The first-order valence-corrected chi connectivity index (χ1v) is 12.4. The second-order valence-corrected chi connectivity index (χ2v) is 10.8. The minimum absolute atomic E-state index is 0.0205. The van der Waals surface area contributed by atoms with Crippen molar-refractivity contribution in [2.75, 3.05) is 18.1 Å². The number of halogens is 1. The van der Waals surface area contributed by atoms with Crippen molar-refractivity contribution in [1.82, 2.24) is 15.1 Å². The zero-order valence-corrected chi connectivity index (χ0v) is 19.4. The van der Waals surface area contributed by atoms with Crippen molar-refractivity contribution in [3.63, 3.8) is 0 Å². The number of carbonyl (C=O) groups excluding carboxylic acids is 2. The van der Waals surface area contributed by atoms with E-state index >= 15 is 0 Å². The summed E-state index contributed by atoms with van der Waals surface area (Å²) in [4.78, 5) is 25.2. The summed E-state index contributed by atoms with van der Waals surface area (Å²) < 4.78 is 30.3. The zero-order valence-electron chi connectivity index (χ0n) is 17.8. The second-order valence-electron chi connectivity index (χ2n) is 8.21. The fourth-order valence-corrected chi connectivity index (χ4v) is 5.97. The fraction of sp³-hybridized carbons (Fsp3) is 0.261. The Bertz CT molecular complexity index is 1290. The maximum atomic E-state index is 12.9. The molecule has 0 bridgehead atoms. The molecule has 1 saturated heterocycles. The number of carbonyl (C=O) groups is 2. The van der Waals surface area contributed by atoms with Gasteiger partial charge in [0.15, 0.2) is 16.4 Å². The van der Waals surface area contributed by atoms with Gasteiger partial charge in [-0.2, -0.15) is 5.10 Å². The van der Waals surface area contributed by atoms with Crippen molar-refractivity contribution >= 4 is 33.3 Å². The van der Waals surface area contributed by atoms with Gasteiger partial charge in [-0.3, -0.25) is 4.79 Å². The second kappa shape index (κ2) is 8.99. The predicted octanol–water partition coefficient (Wildman–Crippen LogP) is 3.04. The molecule has 3 aromatic rings. The maximum Gasteiger partial charge on any atom is 0.342 e. The summed E-state index contributed by atoms with van der Waals surface area (Å²) in [5, 5.41) is 7.76. The number of benzene rings is 2. The fourth-order valence-electron chi connectivity index (χ4n) is 3.75. The predicted molar refractivity (Wildman–Crippen MR) is 124 cm³/mol. The van der Waals surface area contributed by atoms with Gasteiger partial charge < -0.3 is 10.1 Å². The molecular formula is C23H22ClN3O5S. The third-order valence-electron chi connectivity index (χ3n) is 5.35. The third-order valence-corrected chi connectivity index (χ3v) is 7.51. The van der Waals surface area contributed by atoms with E-state index in [4.69, 9.17) is 16.3 Å². The van der Waals surface area contributed by atoms with Crippen LogP contribution in [0, 0.1) is 0 Å². The normalized spacial score (nSPS) is 19.2. The van der Waals surface area contributed by atoms with Crippen molar-refractivity contribution in [1.29, 1.82) is 0 Å². The molecule has 172 valence electrons. The minimum atomic E-state index is -3.18. The van der Waals surface area contributed by atoms with Gasteiger partial charge in [-0.25, -0.2) is 17.9 Å². The molecule has 1 amide bonds. The number of amides is 1. The van der Waals surface area contributed by atoms with Crippen molar-refractivity contribution in [3.8, 4) is 16.9 Å². The van der Waals surface area contributed by atoms with E-state index in [1.165, 1.54) is 0 Å². The lowest BCUT2D eigenvalue weighted by molar-refractivity contribution is -0.125. The van der Waals surface area contributed by atoms with Gasteiger partial charge in [0.25, 0.3) is 5.91 Å². The first kappa shape index (κ1) is 23.0. The zero-order chi connectivity index (χ0) is 23.6. The molecule has 0 aliphatic carbocycles. The molecule has 2 heterocycles. The van der Waals surface area contributed by atoms with Gasteiger partial charge in [-0.05, 0) is 37.6 Å². The third kappa shape index (κ3) is 5.43. The Balaban J connectivity index is 1.53. The number of hydrogen-bond acceptors (Lipinski definition) is 6. The Hall–Kier alpha value is -3.17. The van der Waals surface area contributed by atoms with Gasteiger partial charge in [0.1, 0.15) is 11.3 Å². The molecule has 1 aliphatic rings. The average Bonchev–Trinajstić information content (AvgIpc) is 3.34. The van der Waals surface area contributed by atoms with E-state index in [0.29, 0.717) is 22.7 Å². The summed E-state index contributed by atoms with van der Waals surface area (Å²) in [7, 11) is -3.18. The van der Waals surface area contributed by atoms with E-state index in [1.807, 2.05) is 30.3 Å². The van der Waals surface area contributed by atoms with Crippen molar-refractivity contribution in [2.24, 2.45) is 0 Å². The summed E-state index contributed by atoms with van der Waals surface area (Å²) >= 11 is 5.99. The molecule has 8 nitrogen and oxygen atoms in total. The smallest absolute Gasteiger partial charge is 0.342 e. The van der Waals surface area contributed by atoms with Crippen LogP contribution in [-0.2, 0) is 19.4 Å². The number of hydrogen-bond donors (Lipinski definition) is 1. The topological polar surface area (TPSA) is 107 Å². The van der Waals surface area contributed by atoms with Gasteiger partial charge in [0.05, 0.1) is 22.7 Å². The van der Waals surface area contributed by atoms with Crippen LogP contribution in [0.3, 0.4) is 0 Å². The van der Waals surface area contributed by atoms with Crippen LogP contribution >= 0.6 is 11.6 Å². The SMILES string of the molecule is CC1(NC(=O)COC(=O)c2cn(-c3ccccc3)nc2-c2ccc(Cl)cc2)CCS(=O)(=O)C1. The standard InChI is InChI=1S/C23H22ClN3O5S/c1-23(11-12-33(30,31)15-23)25-20(28)14-32-22(29)19-13-27(18-5-3-2-4-6-18)26-21(19)16-7-9-17(24)10-8-16/h2-10,13H,11-12,14-15H2,1H3,(H,25,28). The molecule has 1 fully saturated rings. The monoisotopic (exact) mass is 487 g/mol. The highest BCUT2D eigenvalue weighted by Gasteiger charge is 2.39. The van der Waals surface area contributed by atoms with Gasteiger partial charge in [-0.1, -0.05) is 41.9 Å². The summed E-state index contributed by atoms with van der Waals surface area (Å²) in [6, 6.07) is 16.1. The lowest BCUT2D eigenvalue weighted by Crippen LogP contribution is -2.48. The lowest BCUT2D eigenvalue weighted by atomic mass is 10.0. The van der Waals surface area contributed by atoms with Crippen LogP contribution in [0.5, 0.6) is 0 Å². The lowest BCUT2D eigenvalue weighted by Gasteiger charge is -2.23. The van der Waals surface area contributed by atoms with E-state index < -0.39 is 33.9 Å². The maximum absolute atomic E-state index is 12.9. The number of ether oxygens (including phenoxy) is 1. The summed E-state index contributed by atoms with van der Waals surface area (Å²) in [5.41, 5.74) is 1.11. The largest absolute Gasteiger partial charge is 0.452 e. The van der Waals surface area contributed by atoms with Gasteiger partial charge in [-0.15, -0.1) is 0 Å². The van der Waals surface area contributed by atoms with Crippen molar-refractivity contribution in [3.05, 3.63) is 71.4 Å². The molecule has 1 atom stereocenters. The summed E-state index contributed by atoms with van der Waals surface area (Å²) in [6.07, 6.45) is 1.87. The van der Waals surface area contributed by atoms with Crippen molar-refractivity contribution < 1.29 is 22.7 Å². The molecular weight excluding hydrogens is 466 g/mol.